The first-order valence-corrected chi connectivity index (χ1v) is 6.12. The molecule has 0 saturated heterocycles. The fourth-order valence-corrected chi connectivity index (χ4v) is 2.23. The molecule has 1 amide bonds. The quantitative estimate of drug-likeness (QED) is 0.559. The number of amides is 1. The van der Waals surface area contributed by atoms with Crippen molar-refractivity contribution in [1.29, 1.82) is 5.41 Å². The van der Waals surface area contributed by atoms with Crippen molar-refractivity contribution in [2.24, 2.45) is 5.73 Å². The smallest absolute Gasteiger partial charge is 0.257 e. The lowest BCUT2D eigenvalue weighted by molar-refractivity contribution is 0.0976. The molecule has 0 spiro atoms. The highest BCUT2D eigenvalue weighted by atomic mass is 79.9. The average molecular weight is 306 g/mol. The molecule has 2 aromatic carbocycles. The molecule has 0 unspecified atom stereocenters. The molecule has 18 heavy (non-hydrogen) atoms. The molecule has 4 N–H and O–H groups in total. The highest BCUT2D eigenvalue weighted by molar-refractivity contribution is 9.10. The predicted octanol–water partition coefficient (Wildman–Crippen LogP) is 2.53. The number of hydrogen-bond acceptors (Lipinski definition) is 2. The number of nitrogens with two attached hydrogens (primary N) is 1. The van der Waals surface area contributed by atoms with Crippen LogP contribution >= 0.6 is 15.9 Å². The summed E-state index contributed by atoms with van der Waals surface area (Å²) in [6.45, 7) is 2.01. The Bertz CT molecular complexity index is 652. The highest BCUT2D eigenvalue weighted by Crippen LogP contribution is 2.27. The van der Waals surface area contributed by atoms with E-state index < -0.39 is 0 Å². The number of aryl methyl sites for hydroxylation is 1. The Hall–Kier alpha value is -1.88. The normalized spacial score (nSPS) is 10.3. The number of halogens is 1. The maximum atomic E-state index is 11.7. The van der Waals surface area contributed by atoms with Crippen LogP contribution in [-0.4, -0.2) is 11.9 Å². The Morgan fingerprint density at radius 3 is 2.72 bits per heavy atom. The molecule has 0 aliphatic rings. The minimum atomic E-state index is -0.374. The summed E-state index contributed by atoms with van der Waals surface area (Å²) in [4.78, 5) is 11.7. The van der Waals surface area contributed by atoms with Crippen LogP contribution in [0.5, 0.6) is 0 Å². The van der Waals surface area contributed by atoms with Crippen LogP contribution in [0, 0.1) is 12.3 Å². The molecule has 0 aliphatic heterocycles. The number of hydrogen-bond donors (Lipinski definition) is 3. The van der Waals surface area contributed by atoms with E-state index in [2.05, 4.69) is 21.2 Å². The first-order valence-electron chi connectivity index (χ1n) is 5.33. The first-order chi connectivity index (χ1) is 8.49. The zero-order valence-electron chi connectivity index (χ0n) is 9.75. The third-order valence-electron chi connectivity index (χ3n) is 2.66. The molecule has 0 heterocycles. The van der Waals surface area contributed by atoms with Crippen molar-refractivity contribution in [3.05, 3.63) is 45.9 Å². The fourth-order valence-electron chi connectivity index (χ4n) is 1.74. The number of guanidine groups is 1. The van der Waals surface area contributed by atoms with Gasteiger partial charge in [-0.15, -0.1) is 0 Å². The molecule has 0 bridgehead atoms. The van der Waals surface area contributed by atoms with E-state index in [4.69, 9.17) is 11.1 Å². The minimum absolute atomic E-state index is 0.356. The number of benzene rings is 2. The molecular formula is C13H12BrN3O. The van der Waals surface area contributed by atoms with Crippen molar-refractivity contribution >= 4 is 38.6 Å². The molecule has 0 fully saturated rings. The highest BCUT2D eigenvalue weighted by Gasteiger charge is 2.08. The molecule has 2 aromatic rings. The second-order valence-corrected chi connectivity index (χ2v) is 4.79. The van der Waals surface area contributed by atoms with Gasteiger partial charge in [-0.05, 0) is 51.3 Å². The maximum absolute atomic E-state index is 11.7. The van der Waals surface area contributed by atoms with Gasteiger partial charge in [0.1, 0.15) is 0 Å². The van der Waals surface area contributed by atoms with Crippen LogP contribution in [0.4, 0.5) is 0 Å². The molecule has 0 atom stereocenters. The van der Waals surface area contributed by atoms with E-state index in [-0.39, 0.29) is 11.9 Å². The minimum Gasteiger partial charge on any atom is -0.370 e. The van der Waals surface area contributed by atoms with Crippen molar-refractivity contribution < 1.29 is 4.79 Å². The number of carbonyl (C=O) groups is 1. The van der Waals surface area contributed by atoms with Crippen LogP contribution in [0.1, 0.15) is 15.9 Å². The molecule has 5 heteroatoms. The first kappa shape index (κ1) is 12.6. The van der Waals surface area contributed by atoms with Gasteiger partial charge in [-0.2, -0.15) is 0 Å². The second kappa shape index (κ2) is 4.78. The van der Waals surface area contributed by atoms with Gasteiger partial charge in [0.05, 0.1) is 0 Å². The van der Waals surface area contributed by atoms with E-state index in [1.807, 2.05) is 25.1 Å². The second-order valence-electron chi connectivity index (χ2n) is 4.00. The summed E-state index contributed by atoms with van der Waals surface area (Å²) in [6, 6.07) is 9.31. The van der Waals surface area contributed by atoms with Crippen LogP contribution in [-0.2, 0) is 0 Å². The number of rotatable bonds is 1. The molecule has 92 valence electrons. The molecule has 2 rings (SSSR count). The van der Waals surface area contributed by atoms with E-state index in [1.165, 1.54) is 0 Å². The van der Waals surface area contributed by atoms with Crippen LogP contribution in [0.25, 0.3) is 10.8 Å². The summed E-state index contributed by atoms with van der Waals surface area (Å²) in [5.74, 6) is -0.730. The Morgan fingerprint density at radius 2 is 2.06 bits per heavy atom. The van der Waals surface area contributed by atoms with Gasteiger partial charge in [-0.1, -0.05) is 18.2 Å². The Morgan fingerprint density at radius 1 is 1.33 bits per heavy atom. The summed E-state index contributed by atoms with van der Waals surface area (Å²) in [7, 11) is 0. The lowest BCUT2D eigenvalue weighted by Gasteiger charge is -2.07. The van der Waals surface area contributed by atoms with Gasteiger partial charge in [0.15, 0.2) is 5.96 Å². The van der Waals surface area contributed by atoms with Crippen LogP contribution in [0.2, 0.25) is 0 Å². The van der Waals surface area contributed by atoms with E-state index in [0.717, 1.165) is 20.8 Å². The molecule has 0 radical (unpaired) electrons. The zero-order chi connectivity index (χ0) is 13.3. The van der Waals surface area contributed by atoms with Crippen molar-refractivity contribution in [3.8, 4) is 0 Å². The number of fused-ring (bicyclic) bond motifs is 1. The largest absolute Gasteiger partial charge is 0.370 e. The van der Waals surface area contributed by atoms with E-state index in [9.17, 15) is 4.79 Å². The van der Waals surface area contributed by atoms with E-state index >= 15 is 0 Å². The van der Waals surface area contributed by atoms with Gasteiger partial charge >= 0.3 is 0 Å². The van der Waals surface area contributed by atoms with Gasteiger partial charge < -0.3 is 5.73 Å². The van der Waals surface area contributed by atoms with Crippen LogP contribution < -0.4 is 11.1 Å². The Labute approximate surface area is 113 Å². The molecular weight excluding hydrogens is 294 g/mol. The lowest BCUT2D eigenvalue weighted by Crippen LogP contribution is -2.35. The van der Waals surface area contributed by atoms with Crippen LogP contribution in [0.15, 0.2) is 34.8 Å². The molecule has 0 aliphatic carbocycles. The van der Waals surface area contributed by atoms with Crippen molar-refractivity contribution in [2.75, 3.05) is 0 Å². The zero-order valence-corrected chi connectivity index (χ0v) is 11.3. The number of carbonyl (C=O) groups excluding carboxylic acids is 1. The van der Waals surface area contributed by atoms with Gasteiger partial charge in [-0.3, -0.25) is 15.5 Å². The topological polar surface area (TPSA) is 79.0 Å². The van der Waals surface area contributed by atoms with Crippen molar-refractivity contribution in [2.45, 2.75) is 6.92 Å². The van der Waals surface area contributed by atoms with Gasteiger partial charge in [0, 0.05) is 10.0 Å². The molecule has 4 nitrogen and oxygen atoms in total. The Balaban J connectivity index is 2.49. The standard InChI is InChI=1S/C13H12BrN3O/c1-7-2-3-8-6-9(12(18)17-13(15)16)4-5-10(8)11(7)14/h2-6H,1H3,(H4,15,16,17,18). The fraction of sp³-hybridized carbons (Fsp3) is 0.0769. The average Bonchev–Trinajstić information content (AvgIpc) is 2.32. The third kappa shape index (κ3) is 2.36. The maximum Gasteiger partial charge on any atom is 0.257 e. The molecule has 0 saturated carbocycles. The van der Waals surface area contributed by atoms with E-state index in [0.29, 0.717) is 5.56 Å². The third-order valence-corrected chi connectivity index (χ3v) is 3.71. The monoisotopic (exact) mass is 305 g/mol. The van der Waals surface area contributed by atoms with Crippen molar-refractivity contribution in [3.63, 3.8) is 0 Å². The number of nitrogens with one attached hydrogen (secondary N) is 2. The van der Waals surface area contributed by atoms with Gasteiger partial charge in [0.25, 0.3) is 5.91 Å². The SMILES string of the molecule is Cc1ccc2cc(C(=O)NC(=N)N)ccc2c1Br. The summed E-state index contributed by atoms with van der Waals surface area (Å²) >= 11 is 3.53. The summed E-state index contributed by atoms with van der Waals surface area (Å²) in [5.41, 5.74) is 6.75. The lowest BCUT2D eigenvalue weighted by atomic mass is 10.0. The Kier molecular flexibility index (Phi) is 3.34. The molecule has 0 aromatic heterocycles. The summed E-state index contributed by atoms with van der Waals surface area (Å²) in [6.07, 6.45) is 0. The summed E-state index contributed by atoms with van der Waals surface area (Å²) in [5, 5.41) is 11.3. The van der Waals surface area contributed by atoms with Crippen LogP contribution in [0.3, 0.4) is 0 Å². The predicted molar refractivity (Wildman–Crippen MR) is 75.8 cm³/mol. The van der Waals surface area contributed by atoms with Gasteiger partial charge in [0.2, 0.25) is 0 Å². The van der Waals surface area contributed by atoms with E-state index in [1.54, 1.807) is 12.1 Å². The summed E-state index contributed by atoms with van der Waals surface area (Å²) < 4.78 is 1.03. The van der Waals surface area contributed by atoms with Gasteiger partial charge in [-0.25, -0.2) is 0 Å². The van der Waals surface area contributed by atoms with Crippen molar-refractivity contribution in [1.82, 2.24) is 5.32 Å².